The second kappa shape index (κ2) is 8.08. The van der Waals surface area contributed by atoms with E-state index in [1.165, 1.54) is 6.92 Å². The monoisotopic (exact) mass is 349 g/mol. The lowest BCUT2D eigenvalue weighted by atomic mass is 10.1. The van der Waals surface area contributed by atoms with Crippen molar-refractivity contribution in [2.75, 3.05) is 13.1 Å². The summed E-state index contributed by atoms with van der Waals surface area (Å²) in [5.74, 6) is -1.06. The summed E-state index contributed by atoms with van der Waals surface area (Å²) >= 11 is 6.18. The first-order valence-electron chi connectivity index (χ1n) is 7.63. The number of hydrogen-bond acceptors (Lipinski definition) is 4. The Morgan fingerprint density at radius 1 is 1.42 bits per heavy atom. The van der Waals surface area contributed by atoms with Crippen LogP contribution in [0.2, 0.25) is 5.02 Å². The zero-order valence-corrected chi connectivity index (χ0v) is 14.4. The van der Waals surface area contributed by atoms with Gasteiger partial charge in [-0.1, -0.05) is 17.7 Å². The lowest BCUT2D eigenvalue weighted by Crippen LogP contribution is -2.42. The van der Waals surface area contributed by atoms with E-state index in [0.29, 0.717) is 24.7 Å². The first-order valence-corrected chi connectivity index (χ1v) is 8.00. The zero-order valence-electron chi connectivity index (χ0n) is 13.6. The van der Waals surface area contributed by atoms with Gasteiger partial charge in [-0.3, -0.25) is 19.5 Å². The molecule has 0 aliphatic heterocycles. The molecule has 2 rings (SSSR count). The highest BCUT2D eigenvalue weighted by molar-refractivity contribution is 6.31. The molecular weight excluding hydrogens is 330 g/mol. The van der Waals surface area contributed by atoms with E-state index in [0.717, 1.165) is 16.5 Å². The number of amides is 1. The number of carbonyl (C=O) groups is 2. The molecule has 6 nitrogen and oxygen atoms in total. The summed E-state index contributed by atoms with van der Waals surface area (Å²) in [4.78, 5) is 28.6. The Morgan fingerprint density at radius 3 is 2.83 bits per heavy atom. The molecule has 0 aliphatic carbocycles. The van der Waals surface area contributed by atoms with Crippen molar-refractivity contribution in [2.24, 2.45) is 0 Å². The minimum atomic E-state index is -0.919. The minimum absolute atomic E-state index is 0.146. The van der Waals surface area contributed by atoms with Crippen LogP contribution in [0.25, 0.3) is 10.9 Å². The number of nitrogens with one attached hydrogen (secondary N) is 1. The van der Waals surface area contributed by atoms with Crippen molar-refractivity contribution in [1.29, 1.82) is 0 Å². The molecule has 0 fully saturated rings. The number of halogens is 1. The van der Waals surface area contributed by atoms with E-state index in [-0.39, 0.29) is 5.91 Å². The van der Waals surface area contributed by atoms with Gasteiger partial charge < -0.3 is 10.4 Å². The topological polar surface area (TPSA) is 82.5 Å². The Kier molecular flexibility index (Phi) is 6.11. The van der Waals surface area contributed by atoms with Gasteiger partial charge in [-0.05, 0) is 30.7 Å². The van der Waals surface area contributed by atoms with Crippen LogP contribution in [0.3, 0.4) is 0 Å². The van der Waals surface area contributed by atoms with E-state index in [1.54, 1.807) is 24.1 Å². The predicted octanol–water partition coefficient (Wildman–Crippen LogP) is 2.30. The van der Waals surface area contributed by atoms with Crippen molar-refractivity contribution in [3.8, 4) is 0 Å². The van der Waals surface area contributed by atoms with E-state index in [9.17, 15) is 14.7 Å². The van der Waals surface area contributed by atoms with Gasteiger partial charge in [0, 0.05) is 43.2 Å². The van der Waals surface area contributed by atoms with Gasteiger partial charge in [0.1, 0.15) is 6.04 Å². The Bertz CT molecular complexity index is 751. The van der Waals surface area contributed by atoms with Crippen molar-refractivity contribution in [3.05, 3.63) is 41.0 Å². The summed E-state index contributed by atoms with van der Waals surface area (Å²) in [5, 5.41) is 13.5. The van der Waals surface area contributed by atoms with Gasteiger partial charge in [-0.15, -0.1) is 0 Å². The van der Waals surface area contributed by atoms with Gasteiger partial charge in [-0.2, -0.15) is 0 Å². The Morgan fingerprint density at radius 2 is 2.17 bits per heavy atom. The number of carboxylic acid groups (broad SMARTS) is 1. The minimum Gasteiger partial charge on any atom is -0.480 e. The molecule has 0 saturated carbocycles. The van der Waals surface area contributed by atoms with E-state index in [1.807, 2.05) is 18.2 Å². The molecular formula is C17H20ClN3O3. The lowest BCUT2D eigenvalue weighted by Gasteiger charge is -2.26. The molecule has 2 N–H and O–H groups in total. The maximum Gasteiger partial charge on any atom is 0.320 e. The van der Waals surface area contributed by atoms with Crippen molar-refractivity contribution >= 4 is 34.4 Å². The Labute approximate surface area is 145 Å². The number of carbonyl (C=O) groups excluding carboxylic acids is 1. The van der Waals surface area contributed by atoms with Gasteiger partial charge in [0.2, 0.25) is 5.91 Å². The van der Waals surface area contributed by atoms with Crippen LogP contribution in [-0.4, -0.2) is 46.0 Å². The summed E-state index contributed by atoms with van der Waals surface area (Å²) < 4.78 is 0. The van der Waals surface area contributed by atoms with Crippen molar-refractivity contribution < 1.29 is 14.7 Å². The third-order valence-corrected chi connectivity index (χ3v) is 4.02. The number of aliphatic carboxylic acids is 1. The second-order valence-electron chi connectivity index (χ2n) is 5.61. The summed E-state index contributed by atoms with van der Waals surface area (Å²) in [6.45, 7) is 4.21. The fraction of sp³-hybridized carbons (Fsp3) is 0.353. The van der Waals surface area contributed by atoms with E-state index < -0.39 is 12.0 Å². The molecule has 1 unspecified atom stereocenters. The molecule has 1 heterocycles. The van der Waals surface area contributed by atoms with Crippen LogP contribution in [0.5, 0.6) is 0 Å². The number of fused-ring (bicyclic) bond motifs is 1. The molecule has 0 radical (unpaired) electrons. The summed E-state index contributed by atoms with van der Waals surface area (Å²) in [6.07, 6.45) is 1.70. The number of aromatic nitrogens is 1. The van der Waals surface area contributed by atoms with Crippen molar-refractivity contribution in [2.45, 2.75) is 26.4 Å². The third kappa shape index (κ3) is 4.66. The van der Waals surface area contributed by atoms with E-state index in [2.05, 4.69) is 10.3 Å². The summed E-state index contributed by atoms with van der Waals surface area (Å²) in [5.41, 5.74) is 1.65. The highest BCUT2D eigenvalue weighted by Crippen LogP contribution is 2.24. The normalized spacial score (nSPS) is 12.3. The molecule has 0 aliphatic rings. The first-order chi connectivity index (χ1) is 11.4. The molecule has 1 aromatic heterocycles. The molecule has 7 heteroatoms. The number of nitrogens with zero attached hydrogens (tertiary/aromatic N) is 2. The number of rotatable bonds is 7. The number of hydrogen-bond donors (Lipinski definition) is 2. The Balaban J connectivity index is 2.28. The highest BCUT2D eigenvalue weighted by Gasteiger charge is 2.21. The van der Waals surface area contributed by atoms with Crippen LogP contribution in [0.1, 0.15) is 19.4 Å². The largest absolute Gasteiger partial charge is 0.480 e. The fourth-order valence-corrected chi connectivity index (χ4v) is 2.76. The molecule has 24 heavy (non-hydrogen) atoms. The van der Waals surface area contributed by atoms with Crippen molar-refractivity contribution in [3.63, 3.8) is 0 Å². The Hall–Kier alpha value is -2.18. The van der Waals surface area contributed by atoms with Gasteiger partial charge in [-0.25, -0.2) is 0 Å². The van der Waals surface area contributed by atoms with Crippen molar-refractivity contribution in [1.82, 2.24) is 15.2 Å². The quantitative estimate of drug-likeness (QED) is 0.801. The van der Waals surface area contributed by atoms with Crippen LogP contribution >= 0.6 is 11.6 Å². The van der Waals surface area contributed by atoms with Gasteiger partial charge in [0.15, 0.2) is 0 Å². The van der Waals surface area contributed by atoms with Crippen LogP contribution in [0.15, 0.2) is 30.5 Å². The summed E-state index contributed by atoms with van der Waals surface area (Å²) in [6, 6.07) is 6.68. The molecule has 0 saturated heterocycles. The molecule has 2 aromatic rings. The molecule has 0 spiro atoms. The smallest absolute Gasteiger partial charge is 0.320 e. The van der Waals surface area contributed by atoms with Crippen LogP contribution in [0, 0.1) is 0 Å². The van der Waals surface area contributed by atoms with Gasteiger partial charge in [0.25, 0.3) is 0 Å². The molecule has 128 valence electrons. The highest BCUT2D eigenvalue weighted by atomic mass is 35.5. The average Bonchev–Trinajstić information content (AvgIpc) is 2.52. The second-order valence-corrected chi connectivity index (χ2v) is 6.04. The maximum atomic E-state index is 11.4. The number of pyridine rings is 1. The lowest BCUT2D eigenvalue weighted by molar-refractivity contribution is -0.142. The van der Waals surface area contributed by atoms with Crippen LogP contribution in [0.4, 0.5) is 0 Å². The fourth-order valence-electron chi connectivity index (χ4n) is 2.51. The average molecular weight is 350 g/mol. The molecule has 1 amide bonds. The molecule has 0 bridgehead atoms. The van der Waals surface area contributed by atoms with Crippen LogP contribution in [-0.2, 0) is 16.1 Å². The molecule has 1 aromatic carbocycles. The van der Waals surface area contributed by atoms with E-state index >= 15 is 0 Å². The van der Waals surface area contributed by atoms with Crippen LogP contribution < -0.4 is 5.32 Å². The summed E-state index contributed by atoms with van der Waals surface area (Å²) in [7, 11) is 0. The number of carboxylic acids is 1. The standard InChI is InChI=1S/C17H20ClN3O3/c1-11(17(23)24)21(7-6-19-12(2)22)10-14-9-15(18)8-13-4-3-5-20-16(13)14/h3-5,8-9,11H,6-7,10H2,1-2H3,(H,19,22)(H,23,24). The first kappa shape index (κ1) is 18.2. The maximum absolute atomic E-state index is 11.4. The predicted molar refractivity (Wildman–Crippen MR) is 92.9 cm³/mol. The number of benzene rings is 1. The van der Waals surface area contributed by atoms with Gasteiger partial charge >= 0.3 is 5.97 Å². The SMILES string of the molecule is CC(=O)NCCN(Cc1cc(Cl)cc2cccnc12)C(C)C(=O)O. The van der Waals surface area contributed by atoms with E-state index in [4.69, 9.17) is 11.6 Å². The molecule has 1 atom stereocenters. The third-order valence-electron chi connectivity index (χ3n) is 3.80. The zero-order chi connectivity index (χ0) is 17.7. The van der Waals surface area contributed by atoms with Gasteiger partial charge in [0.05, 0.1) is 5.52 Å².